The zero-order valence-corrected chi connectivity index (χ0v) is 8.04. The van der Waals surface area contributed by atoms with E-state index in [2.05, 4.69) is 5.32 Å². The quantitative estimate of drug-likeness (QED) is 0.475. The van der Waals surface area contributed by atoms with Gasteiger partial charge in [-0.15, -0.1) is 0 Å². The Kier molecular flexibility index (Phi) is 3.03. The topological polar surface area (TPSA) is 72.2 Å². The van der Waals surface area contributed by atoms with Gasteiger partial charge in [0.15, 0.2) is 0 Å². The molecular formula is C8H7ClN2O3. The molecule has 0 radical (unpaired) electrons. The second kappa shape index (κ2) is 4.06. The number of carbonyl (C=O) groups is 1. The Morgan fingerprint density at radius 3 is 2.64 bits per heavy atom. The van der Waals surface area contributed by atoms with E-state index in [-0.39, 0.29) is 11.3 Å². The molecule has 14 heavy (non-hydrogen) atoms. The van der Waals surface area contributed by atoms with Crippen molar-refractivity contribution in [3.05, 3.63) is 33.9 Å². The SMILES string of the molecule is CNc1ccc(C(=O)Cl)c([N+](=O)[O-])c1. The van der Waals surface area contributed by atoms with E-state index in [1.54, 1.807) is 13.1 Å². The van der Waals surface area contributed by atoms with Gasteiger partial charge in [0.2, 0.25) is 0 Å². The monoisotopic (exact) mass is 214 g/mol. The van der Waals surface area contributed by atoms with Crippen molar-refractivity contribution in [1.82, 2.24) is 0 Å². The molecule has 0 amide bonds. The Morgan fingerprint density at radius 1 is 1.57 bits per heavy atom. The lowest BCUT2D eigenvalue weighted by molar-refractivity contribution is -0.385. The van der Waals surface area contributed by atoms with Gasteiger partial charge in [-0.05, 0) is 23.7 Å². The molecule has 1 rings (SSSR count). The van der Waals surface area contributed by atoms with Crippen molar-refractivity contribution in [3.63, 3.8) is 0 Å². The van der Waals surface area contributed by atoms with Crippen molar-refractivity contribution in [2.24, 2.45) is 0 Å². The van der Waals surface area contributed by atoms with Crippen LogP contribution in [0.15, 0.2) is 18.2 Å². The molecule has 0 aliphatic carbocycles. The normalized spacial score (nSPS) is 9.57. The Balaban J connectivity index is 3.31. The first-order valence-corrected chi connectivity index (χ1v) is 4.10. The maximum atomic E-state index is 10.8. The minimum atomic E-state index is -0.834. The highest BCUT2D eigenvalue weighted by atomic mass is 35.5. The fraction of sp³-hybridized carbons (Fsp3) is 0.125. The molecular weight excluding hydrogens is 208 g/mol. The number of rotatable bonds is 3. The predicted octanol–water partition coefficient (Wildman–Crippen LogP) is 2.02. The van der Waals surface area contributed by atoms with Gasteiger partial charge in [-0.1, -0.05) is 0 Å². The first-order chi connectivity index (χ1) is 6.56. The molecule has 5 nitrogen and oxygen atoms in total. The third kappa shape index (κ3) is 2.00. The van der Waals surface area contributed by atoms with E-state index in [0.29, 0.717) is 5.69 Å². The van der Waals surface area contributed by atoms with Gasteiger partial charge in [-0.3, -0.25) is 14.9 Å². The van der Waals surface area contributed by atoms with E-state index in [4.69, 9.17) is 11.6 Å². The second-order valence-electron chi connectivity index (χ2n) is 2.51. The molecule has 0 saturated carbocycles. The third-order valence-corrected chi connectivity index (χ3v) is 1.90. The number of carbonyl (C=O) groups excluding carboxylic acids is 1. The maximum Gasteiger partial charge on any atom is 0.283 e. The molecule has 0 aliphatic heterocycles. The number of anilines is 1. The van der Waals surface area contributed by atoms with Crippen LogP contribution in [0, 0.1) is 10.1 Å². The van der Waals surface area contributed by atoms with Crippen LogP contribution in [0.4, 0.5) is 11.4 Å². The number of benzene rings is 1. The lowest BCUT2D eigenvalue weighted by Crippen LogP contribution is -1.99. The fourth-order valence-electron chi connectivity index (χ4n) is 1.00. The standard InChI is InChI=1S/C8H7ClN2O3/c1-10-5-2-3-6(8(9)12)7(4-5)11(13)14/h2-4,10H,1H3. The molecule has 0 unspecified atom stereocenters. The Morgan fingerprint density at radius 2 is 2.21 bits per heavy atom. The van der Waals surface area contributed by atoms with E-state index in [1.807, 2.05) is 0 Å². The summed E-state index contributed by atoms with van der Waals surface area (Å²) in [6.07, 6.45) is 0. The number of halogens is 1. The van der Waals surface area contributed by atoms with Gasteiger partial charge >= 0.3 is 0 Å². The van der Waals surface area contributed by atoms with E-state index < -0.39 is 10.2 Å². The fourth-order valence-corrected chi connectivity index (χ4v) is 1.16. The van der Waals surface area contributed by atoms with Crippen LogP contribution in [0.5, 0.6) is 0 Å². The lowest BCUT2D eigenvalue weighted by atomic mass is 10.2. The van der Waals surface area contributed by atoms with E-state index in [1.165, 1.54) is 12.1 Å². The molecule has 74 valence electrons. The van der Waals surface area contributed by atoms with Gasteiger partial charge in [0.25, 0.3) is 10.9 Å². The summed E-state index contributed by atoms with van der Waals surface area (Å²) in [5.41, 5.74) is 0.158. The van der Waals surface area contributed by atoms with Gasteiger partial charge < -0.3 is 5.32 Å². The van der Waals surface area contributed by atoms with Crippen molar-refractivity contribution in [1.29, 1.82) is 0 Å². The van der Waals surface area contributed by atoms with Gasteiger partial charge in [0.05, 0.1) is 4.92 Å². The zero-order valence-electron chi connectivity index (χ0n) is 7.28. The number of hydrogen-bond acceptors (Lipinski definition) is 4. The minimum Gasteiger partial charge on any atom is -0.388 e. The van der Waals surface area contributed by atoms with Crippen LogP contribution in [-0.2, 0) is 0 Å². The summed E-state index contributed by atoms with van der Waals surface area (Å²) in [6.45, 7) is 0. The smallest absolute Gasteiger partial charge is 0.283 e. The Bertz CT molecular complexity index is 392. The zero-order chi connectivity index (χ0) is 10.7. The summed E-state index contributed by atoms with van der Waals surface area (Å²) in [4.78, 5) is 20.7. The molecule has 1 aromatic carbocycles. The maximum absolute atomic E-state index is 10.8. The second-order valence-corrected chi connectivity index (χ2v) is 2.86. The summed E-state index contributed by atoms with van der Waals surface area (Å²) in [5, 5.41) is 12.5. The van der Waals surface area contributed by atoms with Crippen LogP contribution in [0.1, 0.15) is 10.4 Å². The van der Waals surface area contributed by atoms with Crippen molar-refractivity contribution in [2.45, 2.75) is 0 Å². The first-order valence-electron chi connectivity index (χ1n) is 3.72. The average Bonchev–Trinajstić information content (AvgIpc) is 2.16. The van der Waals surface area contributed by atoms with Gasteiger partial charge in [0, 0.05) is 18.8 Å². The number of nitrogens with zero attached hydrogens (tertiary/aromatic N) is 1. The predicted molar refractivity (Wildman–Crippen MR) is 52.8 cm³/mol. The molecule has 0 atom stereocenters. The van der Waals surface area contributed by atoms with Crippen LogP contribution < -0.4 is 5.32 Å². The highest BCUT2D eigenvalue weighted by molar-refractivity contribution is 6.68. The summed E-state index contributed by atoms with van der Waals surface area (Å²) in [6, 6.07) is 4.12. The van der Waals surface area contributed by atoms with Crippen LogP contribution in [0.25, 0.3) is 0 Å². The third-order valence-electron chi connectivity index (χ3n) is 1.69. The van der Waals surface area contributed by atoms with Crippen LogP contribution in [0.2, 0.25) is 0 Å². The van der Waals surface area contributed by atoms with E-state index in [9.17, 15) is 14.9 Å². The van der Waals surface area contributed by atoms with E-state index in [0.717, 1.165) is 0 Å². The van der Waals surface area contributed by atoms with Crippen LogP contribution >= 0.6 is 11.6 Å². The molecule has 0 aromatic heterocycles. The van der Waals surface area contributed by atoms with Crippen LogP contribution in [0.3, 0.4) is 0 Å². The molecule has 0 fully saturated rings. The molecule has 0 saturated heterocycles. The molecule has 1 N–H and O–H groups in total. The molecule has 0 heterocycles. The van der Waals surface area contributed by atoms with Crippen LogP contribution in [-0.4, -0.2) is 17.2 Å². The number of hydrogen-bond donors (Lipinski definition) is 1. The van der Waals surface area contributed by atoms with Gasteiger partial charge in [0.1, 0.15) is 5.56 Å². The summed E-state index contributed by atoms with van der Waals surface area (Å²) < 4.78 is 0. The minimum absolute atomic E-state index is 0.101. The molecule has 6 heteroatoms. The number of nitro groups is 1. The van der Waals surface area contributed by atoms with E-state index >= 15 is 0 Å². The van der Waals surface area contributed by atoms with Crippen molar-refractivity contribution in [2.75, 3.05) is 12.4 Å². The van der Waals surface area contributed by atoms with Crippen molar-refractivity contribution >= 4 is 28.2 Å². The Hall–Kier alpha value is -1.62. The largest absolute Gasteiger partial charge is 0.388 e. The summed E-state index contributed by atoms with van der Waals surface area (Å²) in [7, 11) is 1.63. The summed E-state index contributed by atoms with van der Waals surface area (Å²) >= 11 is 5.18. The summed E-state index contributed by atoms with van der Waals surface area (Å²) in [5.74, 6) is 0. The molecule has 0 spiro atoms. The van der Waals surface area contributed by atoms with Crippen molar-refractivity contribution < 1.29 is 9.72 Å². The molecule has 0 bridgehead atoms. The first kappa shape index (κ1) is 10.5. The van der Waals surface area contributed by atoms with Gasteiger partial charge in [-0.25, -0.2) is 0 Å². The number of nitrogens with one attached hydrogen (secondary N) is 1. The average molecular weight is 215 g/mol. The number of nitro benzene ring substituents is 1. The molecule has 1 aromatic rings. The molecule has 0 aliphatic rings. The van der Waals surface area contributed by atoms with Gasteiger partial charge in [-0.2, -0.15) is 0 Å². The highest BCUT2D eigenvalue weighted by Crippen LogP contribution is 2.24. The van der Waals surface area contributed by atoms with Crippen molar-refractivity contribution in [3.8, 4) is 0 Å². The Labute approximate surface area is 84.8 Å². The lowest BCUT2D eigenvalue weighted by Gasteiger charge is -2.01. The highest BCUT2D eigenvalue weighted by Gasteiger charge is 2.18.